The third kappa shape index (κ3) is 2.62. The Morgan fingerprint density at radius 1 is 1.58 bits per heavy atom. The largest absolute Gasteiger partial charge is 0.330 e. The van der Waals surface area contributed by atoms with Crippen molar-refractivity contribution in [2.45, 2.75) is 19.4 Å². The summed E-state index contributed by atoms with van der Waals surface area (Å²) < 4.78 is 13.5. The average molecular weight is 171 g/mol. The highest BCUT2D eigenvalue weighted by atomic mass is 19.1. The molecule has 0 unspecified atom stereocenters. The second-order valence-corrected chi connectivity index (χ2v) is 2.69. The van der Waals surface area contributed by atoms with E-state index < -0.39 is 0 Å². The Morgan fingerprint density at radius 2 is 2.42 bits per heavy atom. The molecular formula is C8H14FN3. The molecule has 0 aromatic carbocycles. The van der Waals surface area contributed by atoms with Gasteiger partial charge in [-0.3, -0.25) is 4.68 Å². The fourth-order valence-electron chi connectivity index (χ4n) is 1.05. The van der Waals surface area contributed by atoms with Gasteiger partial charge in [-0.2, -0.15) is 5.10 Å². The minimum Gasteiger partial charge on any atom is -0.330 e. The van der Waals surface area contributed by atoms with Crippen molar-refractivity contribution in [3.8, 4) is 0 Å². The summed E-state index contributed by atoms with van der Waals surface area (Å²) in [6, 6.07) is 0. The second-order valence-electron chi connectivity index (χ2n) is 2.69. The Kier molecular flexibility index (Phi) is 3.73. The van der Waals surface area contributed by atoms with Gasteiger partial charge < -0.3 is 5.73 Å². The molecule has 1 aromatic heterocycles. The Balaban J connectivity index is 2.41. The number of nitrogens with two attached hydrogens (primary N) is 1. The normalized spacial score (nSPS) is 10.5. The van der Waals surface area contributed by atoms with Crippen LogP contribution in [0.5, 0.6) is 0 Å². The third-order valence-corrected chi connectivity index (χ3v) is 1.67. The molecular weight excluding hydrogens is 157 g/mol. The number of rotatable bonds is 5. The lowest BCUT2D eigenvalue weighted by Crippen LogP contribution is -2.00. The first kappa shape index (κ1) is 9.19. The molecule has 1 aromatic rings. The van der Waals surface area contributed by atoms with E-state index in [4.69, 9.17) is 5.73 Å². The third-order valence-electron chi connectivity index (χ3n) is 1.67. The van der Waals surface area contributed by atoms with Gasteiger partial charge in [0.2, 0.25) is 0 Å². The van der Waals surface area contributed by atoms with E-state index in [1.165, 1.54) is 0 Å². The zero-order chi connectivity index (χ0) is 8.81. The number of aromatic nitrogens is 2. The minimum absolute atomic E-state index is 0.350. The van der Waals surface area contributed by atoms with Crippen LogP contribution in [0, 0.1) is 0 Å². The van der Waals surface area contributed by atoms with Crippen LogP contribution in [-0.4, -0.2) is 23.0 Å². The van der Waals surface area contributed by atoms with Gasteiger partial charge in [-0.25, -0.2) is 4.39 Å². The van der Waals surface area contributed by atoms with Gasteiger partial charge in [-0.05, 0) is 24.9 Å². The van der Waals surface area contributed by atoms with Crippen LogP contribution in [0.1, 0.15) is 12.0 Å². The molecule has 0 saturated heterocycles. The summed E-state index contributed by atoms with van der Waals surface area (Å²) in [7, 11) is 0. The predicted molar refractivity (Wildman–Crippen MR) is 45.6 cm³/mol. The van der Waals surface area contributed by atoms with E-state index in [1.54, 1.807) is 10.9 Å². The van der Waals surface area contributed by atoms with Crippen LogP contribution in [0.2, 0.25) is 0 Å². The Morgan fingerprint density at radius 3 is 3.08 bits per heavy atom. The van der Waals surface area contributed by atoms with Crippen LogP contribution in [0.25, 0.3) is 0 Å². The van der Waals surface area contributed by atoms with Crippen molar-refractivity contribution in [3.63, 3.8) is 0 Å². The highest BCUT2D eigenvalue weighted by Gasteiger charge is 1.96. The van der Waals surface area contributed by atoms with Crippen molar-refractivity contribution < 1.29 is 4.39 Å². The average Bonchev–Trinajstić information content (AvgIpc) is 2.50. The van der Waals surface area contributed by atoms with Crippen LogP contribution >= 0.6 is 0 Å². The van der Waals surface area contributed by atoms with E-state index in [0.717, 1.165) is 18.4 Å². The van der Waals surface area contributed by atoms with Crippen LogP contribution in [-0.2, 0) is 13.0 Å². The second kappa shape index (κ2) is 4.87. The van der Waals surface area contributed by atoms with Gasteiger partial charge in [0.15, 0.2) is 0 Å². The van der Waals surface area contributed by atoms with E-state index in [1.807, 2.05) is 6.20 Å². The van der Waals surface area contributed by atoms with Gasteiger partial charge in [-0.15, -0.1) is 0 Å². The molecule has 0 aliphatic rings. The van der Waals surface area contributed by atoms with Crippen LogP contribution in [0.15, 0.2) is 12.4 Å². The number of aryl methyl sites for hydroxylation is 2. The van der Waals surface area contributed by atoms with Gasteiger partial charge >= 0.3 is 0 Å². The summed E-state index contributed by atoms with van der Waals surface area (Å²) in [6.45, 7) is 0.676. The van der Waals surface area contributed by atoms with Crippen LogP contribution < -0.4 is 5.73 Å². The summed E-state index contributed by atoms with van der Waals surface area (Å²) >= 11 is 0. The summed E-state index contributed by atoms with van der Waals surface area (Å²) in [5, 5.41) is 3.99. The quantitative estimate of drug-likeness (QED) is 0.710. The summed E-state index contributed by atoms with van der Waals surface area (Å²) in [4.78, 5) is 0. The summed E-state index contributed by atoms with van der Waals surface area (Å²) in [5.74, 6) is 0. The van der Waals surface area contributed by atoms with Gasteiger partial charge in [0.1, 0.15) is 6.67 Å². The number of hydrogen-bond donors (Lipinski definition) is 1. The van der Waals surface area contributed by atoms with Crippen molar-refractivity contribution >= 4 is 0 Å². The molecule has 0 saturated carbocycles. The molecule has 1 rings (SSSR count). The van der Waals surface area contributed by atoms with Crippen LogP contribution in [0.4, 0.5) is 4.39 Å². The zero-order valence-electron chi connectivity index (χ0n) is 7.04. The SMILES string of the molecule is NCCCc1cnn(CCF)c1. The molecule has 0 bridgehead atoms. The fraction of sp³-hybridized carbons (Fsp3) is 0.625. The standard InChI is InChI=1S/C8H14FN3/c9-3-5-12-7-8(6-11-12)2-1-4-10/h6-7H,1-5,10H2. The first-order valence-electron chi connectivity index (χ1n) is 4.14. The van der Waals surface area contributed by atoms with Gasteiger partial charge in [-0.1, -0.05) is 0 Å². The minimum atomic E-state index is -0.363. The summed E-state index contributed by atoms with van der Waals surface area (Å²) in [5.41, 5.74) is 6.49. The highest BCUT2D eigenvalue weighted by molar-refractivity contribution is 5.03. The van der Waals surface area contributed by atoms with Crippen LogP contribution in [0.3, 0.4) is 0 Å². The van der Waals surface area contributed by atoms with E-state index in [2.05, 4.69) is 5.10 Å². The maximum absolute atomic E-state index is 11.9. The van der Waals surface area contributed by atoms with Crippen molar-refractivity contribution in [3.05, 3.63) is 18.0 Å². The topological polar surface area (TPSA) is 43.8 Å². The lowest BCUT2D eigenvalue weighted by Gasteiger charge is -1.94. The van der Waals surface area contributed by atoms with Gasteiger partial charge in [0, 0.05) is 6.20 Å². The molecule has 4 heteroatoms. The molecule has 0 fully saturated rings. The molecule has 68 valence electrons. The maximum atomic E-state index is 11.9. The maximum Gasteiger partial charge on any atom is 0.109 e. The van der Waals surface area contributed by atoms with Crippen molar-refractivity contribution in [1.29, 1.82) is 0 Å². The first-order valence-corrected chi connectivity index (χ1v) is 4.14. The van der Waals surface area contributed by atoms with Crippen molar-refractivity contribution in [2.24, 2.45) is 5.73 Å². The Labute approximate surface area is 71.4 Å². The molecule has 0 aliphatic carbocycles. The Bertz CT molecular complexity index is 222. The fourth-order valence-corrected chi connectivity index (χ4v) is 1.05. The van der Waals surface area contributed by atoms with Gasteiger partial charge in [0.25, 0.3) is 0 Å². The molecule has 0 atom stereocenters. The zero-order valence-corrected chi connectivity index (χ0v) is 7.04. The number of nitrogens with zero attached hydrogens (tertiary/aromatic N) is 2. The molecule has 2 N–H and O–H groups in total. The molecule has 0 aliphatic heterocycles. The lowest BCUT2D eigenvalue weighted by molar-refractivity contribution is 0.427. The molecule has 3 nitrogen and oxygen atoms in total. The molecule has 0 spiro atoms. The van der Waals surface area contributed by atoms with Gasteiger partial charge in [0.05, 0.1) is 12.7 Å². The number of hydrogen-bond acceptors (Lipinski definition) is 2. The first-order chi connectivity index (χ1) is 5.86. The molecule has 0 radical (unpaired) electrons. The van der Waals surface area contributed by atoms with Crippen molar-refractivity contribution in [1.82, 2.24) is 9.78 Å². The lowest BCUT2D eigenvalue weighted by atomic mass is 10.2. The highest BCUT2D eigenvalue weighted by Crippen LogP contribution is 2.00. The number of alkyl halides is 1. The predicted octanol–water partition coefficient (Wildman–Crippen LogP) is 0.744. The van der Waals surface area contributed by atoms with E-state index in [-0.39, 0.29) is 6.67 Å². The molecule has 12 heavy (non-hydrogen) atoms. The number of halogens is 1. The molecule has 0 amide bonds. The Hall–Kier alpha value is -0.900. The van der Waals surface area contributed by atoms with E-state index >= 15 is 0 Å². The van der Waals surface area contributed by atoms with E-state index in [9.17, 15) is 4.39 Å². The summed E-state index contributed by atoms with van der Waals surface area (Å²) in [6.07, 6.45) is 5.53. The van der Waals surface area contributed by atoms with E-state index in [0.29, 0.717) is 13.1 Å². The molecule has 1 heterocycles. The van der Waals surface area contributed by atoms with Crippen molar-refractivity contribution in [2.75, 3.05) is 13.2 Å². The monoisotopic (exact) mass is 171 g/mol. The smallest absolute Gasteiger partial charge is 0.109 e.